The number of carbonyl (C=O) groups excluding carboxylic acids is 4. The van der Waals surface area contributed by atoms with Gasteiger partial charge in [0.15, 0.2) is 0 Å². The van der Waals surface area contributed by atoms with Crippen molar-refractivity contribution in [2.45, 2.75) is 43.4 Å². The van der Waals surface area contributed by atoms with Crippen LogP contribution in [0.5, 0.6) is 5.75 Å². The van der Waals surface area contributed by atoms with Crippen LogP contribution in [0.3, 0.4) is 0 Å². The van der Waals surface area contributed by atoms with Gasteiger partial charge in [-0.1, -0.05) is 42.5 Å². The van der Waals surface area contributed by atoms with Gasteiger partial charge in [0.2, 0.25) is 23.6 Å². The third-order valence-corrected chi connectivity index (χ3v) is 5.87. The summed E-state index contributed by atoms with van der Waals surface area (Å²) < 4.78 is 0. The fourth-order valence-electron chi connectivity index (χ4n) is 3.44. The standard InChI is InChI=1S/C25H31N5O7S/c26-17(13-38)22(33)28-19(12-21(27)32)24(35)29-18(10-14-4-2-1-3-5-14)23(34)30-20(25(36)37)11-15-6-8-16(31)9-7-15/h1-9,17-20,31,38H,10-13,26H2,(H2,27,32)(H,28,33)(H,29,35)(H,30,34)(H,36,37). The van der Waals surface area contributed by atoms with Crippen molar-refractivity contribution in [3.8, 4) is 5.75 Å². The third kappa shape index (κ3) is 9.75. The molecule has 0 saturated carbocycles. The molecule has 4 atom stereocenters. The Balaban J connectivity index is 2.25. The molecule has 0 saturated heterocycles. The molecule has 0 aromatic heterocycles. The number of nitrogens with two attached hydrogens (primary N) is 2. The van der Waals surface area contributed by atoms with E-state index >= 15 is 0 Å². The lowest BCUT2D eigenvalue weighted by atomic mass is 10.0. The molecule has 2 aromatic carbocycles. The van der Waals surface area contributed by atoms with E-state index in [1.54, 1.807) is 30.3 Å². The van der Waals surface area contributed by atoms with Gasteiger partial charge in [-0.3, -0.25) is 19.2 Å². The summed E-state index contributed by atoms with van der Waals surface area (Å²) in [6.07, 6.45) is -0.665. The van der Waals surface area contributed by atoms with Gasteiger partial charge in [-0.15, -0.1) is 0 Å². The van der Waals surface area contributed by atoms with Gasteiger partial charge >= 0.3 is 5.97 Å². The van der Waals surface area contributed by atoms with Crippen LogP contribution in [0.4, 0.5) is 0 Å². The Bertz CT molecular complexity index is 1130. The molecule has 0 bridgehead atoms. The van der Waals surface area contributed by atoms with Gasteiger partial charge in [0.05, 0.1) is 12.5 Å². The number of carboxylic acids is 1. The van der Waals surface area contributed by atoms with Crippen molar-refractivity contribution < 1.29 is 34.2 Å². The molecule has 38 heavy (non-hydrogen) atoms. The SMILES string of the molecule is NC(=O)CC(NC(=O)C(N)CS)C(=O)NC(Cc1ccccc1)C(=O)NC(Cc1ccc(O)cc1)C(=O)O. The molecule has 0 heterocycles. The summed E-state index contributed by atoms with van der Waals surface area (Å²) in [5, 5.41) is 26.4. The first-order chi connectivity index (χ1) is 18.0. The monoisotopic (exact) mass is 545 g/mol. The van der Waals surface area contributed by atoms with Gasteiger partial charge in [0.1, 0.15) is 23.9 Å². The first-order valence-electron chi connectivity index (χ1n) is 11.6. The minimum Gasteiger partial charge on any atom is -0.508 e. The highest BCUT2D eigenvalue weighted by atomic mass is 32.1. The van der Waals surface area contributed by atoms with E-state index in [4.69, 9.17) is 11.5 Å². The van der Waals surface area contributed by atoms with Crippen molar-refractivity contribution >= 4 is 42.2 Å². The summed E-state index contributed by atoms with van der Waals surface area (Å²) in [6.45, 7) is 0. The van der Waals surface area contributed by atoms with E-state index < -0.39 is 60.2 Å². The number of phenolic OH excluding ortho intramolecular Hbond substituents is 1. The number of aliphatic carboxylic acids is 1. The van der Waals surface area contributed by atoms with Gasteiger partial charge in [-0.2, -0.15) is 12.6 Å². The number of aromatic hydroxyl groups is 1. The van der Waals surface area contributed by atoms with E-state index in [9.17, 15) is 34.2 Å². The number of phenols is 1. The van der Waals surface area contributed by atoms with Gasteiger partial charge in [-0.05, 0) is 23.3 Å². The Kier molecular flexibility index (Phi) is 11.6. The van der Waals surface area contributed by atoms with E-state index in [0.717, 1.165) is 0 Å². The van der Waals surface area contributed by atoms with Crippen LogP contribution in [0.1, 0.15) is 17.5 Å². The minimum atomic E-state index is -1.43. The maximum absolute atomic E-state index is 13.2. The average Bonchev–Trinajstić information content (AvgIpc) is 2.88. The zero-order valence-electron chi connectivity index (χ0n) is 20.4. The molecule has 0 fully saturated rings. The lowest BCUT2D eigenvalue weighted by Gasteiger charge is -2.25. The van der Waals surface area contributed by atoms with Crippen LogP contribution in [0.2, 0.25) is 0 Å². The molecule has 2 rings (SSSR count). The Labute approximate surface area is 224 Å². The van der Waals surface area contributed by atoms with Crippen molar-refractivity contribution in [3.63, 3.8) is 0 Å². The minimum absolute atomic E-state index is 0.00299. The van der Waals surface area contributed by atoms with Crippen LogP contribution in [0.15, 0.2) is 54.6 Å². The highest BCUT2D eigenvalue weighted by Gasteiger charge is 2.31. The van der Waals surface area contributed by atoms with Gasteiger partial charge < -0.3 is 37.6 Å². The number of hydrogen-bond acceptors (Lipinski definition) is 8. The fourth-order valence-corrected chi connectivity index (χ4v) is 3.61. The summed E-state index contributed by atoms with van der Waals surface area (Å²) in [5.41, 5.74) is 12.1. The largest absolute Gasteiger partial charge is 0.508 e. The predicted molar refractivity (Wildman–Crippen MR) is 141 cm³/mol. The quantitative estimate of drug-likeness (QED) is 0.135. The van der Waals surface area contributed by atoms with Crippen molar-refractivity contribution in [1.29, 1.82) is 0 Å². The van der Waals surface area contributed by atoms with Crippen LogP contribution in [0.25, 0.3) is 0 Å². The number of amides is 4. The zero-order chi connectivity index (χ0) is 28.2. The molecule has 0 aliphatic heterocycles. The van der Waals surface area contributed by atoms with Crippen LogP contribution in [-0.4, -0.2) is 69.7 Å². The second-order valence-electron chi connectivity index (χ2n) is 8.54. The van der Waals surface area contributed by atoms with E-state index in [2.05, 4.69) is 28.6 Å². The van der Waals surface area contributed by atoms with E-state index in [1.807, 2.05) is 0 Å². The molecule has 4 unspecified atom stereocenters. The Morgan fingerprint density at radius 2 is 1.26 bits per heavy atom. The Hall–Kier alpha value is -4.10. The second kappa shape index (κ2) is 14.6. The van der Waals surface area contributed by atoms with Crippen molar-refractivity contribution in [2.24, 2.45) is 11.5 Å². The van der Waals surface area contributed by atoms with Gasteiger partial charge in [0.25, 0.3) is 0 Å². The Morgan fingerprint density at radius 3 is 1.82 bits per heavy atom. The van der Waals surface area contributed by atoms with Crippen LogP contribution in [0, 0.1) is 0 Å². The van der Waals surface area contributed by atoms with Crippen molar-refractivity contribution in [3.05, 3.63) is 65.7 Å². The molecule has 204 valence electrons. The van der Waals surface area contributed by atoms with Crippen molar-refractivity contribution in [2.75, 3.05) is 5.75 Å². The maximum atomic E-state index is 13.2. The number of carboxylic acid groups (broad SMARTS) is 1. The number of thiol groups is 1. The lowest BCUT2D eigenvalue weighted by Crippen LogP contribution is -2.58. The molecule has 0 radical (unpaired) electrons. The van der Waals surface area contributed by atoms with Crippen molar-refractivity contribution in [1.82, 2.24) is 16.0 Å². The van der Waals surface area contributed by atoms with E-state index in [0.29, 0.717) is 11.1 Å². The first kappa shape index (κ1) is 30.1. The second-order valence-corrected chi connectivity index (χ2v) is 8.91. The summed E-state index contributed by atoms with van der Waals surface area (Å²) in [4.78, 5) is 61.9. The first-order valence-corrected chi connectivity index (χ1v) is 12.2. The lowest BCUT2D eigenvalue weighted by molar-refractivity contribution is -0.142. The molecular formula is C25H31N5O7S. The predicted octanol–water partition coefficient (Wildman–Crippen LogP) is -1.15. The van der Waals surface area contributed by atoms with E-state index in [1.165, 1.54) is 24.3 Å². The zero-order valence-corrected chi connectivity index (χ0v) is 21.3. The molecule has 9 N–H and O–H groups in total. The Morgan fingerprint density at radius 1 is 0.763 bits per heavy atom. The summed E-state index contributed by atoms with van der Waals surface area (Å²) in [7, 11) is 0. The average molecular weight is 546 g/mol. The van der Waals surface area contributed by atoms with Crippen LogP contribution >= 0.6 is 12.6 Å². The molecule has 13 heteroatoms. The maximum Gasteiger partial charge on any atom is 0.326 e. The highest BCUT2D eigenvalue weighted by Crippen LogP contribution is 2.12. The fraction of sp³-hybridized carbons (Fsp3) is 0.320. The van der Waals surface area contributed by atoms with Crippen LogP contribution in [-0.2, 0) is 36.8 Å². The number of primary amides is 1. The number of rotatable bonds is 14. The molecule has 0 aliphatic carbocycles. The molecular weight excluding hydrogens is 514 g/mol. The number of benzene rings is 2. The number of hydrogen-bond donors (Lipinski definition) is 8. The highest BCUT2D eigenvalue weighted by molar-refractivity contribution is 7.80. The molecule has 4 amide bonds. The van der Waals surface area contributed by atoms with Crippen LogP contribution < -0.4 is 27.4 Å². The third-order valence-electron chi connectivity index (χ3n) is 5.48. The molecule has 0 aliphatic rings. The summed E-state index contributed by atoms with van der Waals surface area (Å²) >= 11 is 3.93. The normalized spacial score (nSPS) is 13.8. The van der Waals surface area contributed by atoms with Gasteiger partial charge in [-0.25, -0.2) is 4.79 Å². The number of nitrogens with one attached hydrogen (secondary N) is 3. The molecule has 2 aromatic rings. The molecule has 0 spiro atoms. The smallest absolute Gasteiger partial charge is 0.326 e. The van der Waals surface area contributed by atoms with Gasteiger partial charge in [0, 0.05) is 18.6 Å². The summed E-state index contributed by atoms with van der Waals surface area (Å²) in [5.74, 6) is -4.64. The number of carbonyl (C=O) groups is 5. The summed E-state index contributed by atoms with van der Waals surface area (Å²) in [6, 6.07) is 9.37. The van der Waals surface area contributed by atoms with E-state index in [-0.39, 0.29) is 24.3 Å². The molecule has 12 nitrogen and oxygen atoms in total. The topological polar surface area (TPSA) is 214 Å².